The molecule has 0 heterocycles. The summed E-state index contributed by atoms with van der Waals surface area (Å²) in [5.41, 5.74) is 3.01. The molecule has 1 atom stereocenters. The van der Waals surface area contributed by atoms with E-state index in [0.717, 1.165) is 26.0 Å². The third-order valence-electron chi connectivity index (χ3n) is 3.36. The Morgan fingerprint density at radius 2 is 2.29 bits per heavy atom. The van der Waals surface area contributed by atoms with Crippen molar-refractivity contribution < 1.29 is 4.74 Å². The highest BCUT2D eigenvalue weighted by molar-refractivity contribution is 9.10. The molecular weight excluding hydrogens is 278 g/mol. The molecule has 1 N–H and O–H groups in total. The molecule has 0 bridgehead atoms. The molecule has 0 aliphatic heterocycles. The topological polar surface area (TPSA) is 21.3 Å². The Labute approximate surface area is 112 Å². The van der Waals surface area contributed by atoms with Crippen LogP contribution in [-0.2, 0) is 17.6 Å². The Balaban J connectivity index is 1.84. The van der Waals surface area contributed by atoms with Crippen LogP contribution < -0.4 is 5.32 Å². The van der Waals surface area contributed by atoms with Gasteiger partial charge in [-0.2, -0.15) is 0 Å². The van der Waals surface area contributed by atoms with E-state index in [0.29, 0.717) is 6.04 Å². The van der Waals surface area contributed by atoms with Gasteiger partial charge in [-0.3, -0.25) is 0 Å². The molecule has 1 aliphatic carbocycles. The third kappa shape index (κ3) is 3.80. The summed E-state index contributed by atoms with van der Waals surface area (Å²) in [6, 6.07) is 7.30. The molecule has 94 valence electrons. The second-order valence-corrected chi connectivity index (χ2v) is 5.57. The van der Waals surface area contributed by atoms with Gasteiger partial charge in [0.25, 0.3) is 0 Å². The first kappa shape index (κ1) is 13.1. The zero-order valence-electron chi connectivity index (χ0n) is 10.3. The standard InChI is InChI=1S/C14H20BrNO/c1-17-8-2-7-16-14-6-4-11-9-13(15)5-3-12(11)10-14/h3,5,9,14,16H,2,4,6-8,10H2,1H3. The summed E-state index contributed by atoms with van der Waals surface area (Å²) < 4.78 is 6.25. The van der Waals surface area contributed by atoms with Gasteiger partial charge in [-0.15, -0.1) is 0 Å². The van der Waals surface area contributed by atoms with Gasteiger partial charge in [0.05, 0.1) is 0 Å². The SMILES string of the molecule is COCCCNC1CCc2cc(Br)ccc2C1. The first-order chi connectivity index (χ1) is 8.29. The quantitative estimate of drug-likeness (QED) is 0.844. The van der Waals surface area contributed by atoms with Gasteiger partial charge < -0.3 is 10.1 Å². The number of methoxy groups -OCH3 is 1. The molecule has 0 radical (unpaired) electrons. The van der Waals surface area contributed by atoms with Crippen molar-refractivity contribution in [2.75, 3.05) is 20.3 Å². The van der Waals surface area contributed by atoms with E-state index in [1.165, 1.54) is 28.4 Å². The second-order valence-electron chi connectivity index (χ2n) is 4.65. The van der Waals surface area contributed by atoms with Gasteiger partial charge >= 0.3 is 0 Å². The zero-order chi connectivity index (χ0) is 12.1. The van der Waals surface area contributed by atoms with Crippen molar-refractivity contribution in [2.24, 2.45) is 0 Å². The number of benzene rings is 1. The lowest BCUT2D eigenvalue weighted by molar-refractivity contribution is 0.192. The van der Waals surface area contributed by atoms with Crippen LogP contribution in [0.4, 0.5) is 0 Å². The van der Waals surface area contributed by atoms with Gasteiger partial charge in [-0.05, 0) is 55.5 Å². The second kappa shape index (κ2) is 6.53. The van der Waals surface area contributed by atoms with Gasteiger partial charge in [0, 0.05) is 24.2 Å². The third-order valence-corrected chi connectivity index (χ3v) is 3.85. The molecule has 17 heavy (non-hydrogen) atoms. The van der Waals surface area contributed by atoms with Crippen molar-refractivity contribution in [2.45, 2.75) is 31.7 Å². The first-order valence-electron chi connectivity index (χ1n) is 6.29. The van der Waals surface area contributed by atoms with Gasteiger partial charge in [-0.1, -0.05) is 22.0 Å². The van der Waals surface area contributed by atoms with E-state index in [-0.39, 0.29) is 0 Å². The van der Waals surface area contributed by atoms with Crippen LogP contribution in [0.15, 0.2) is 22.7 Å². The van der Waals surface area contributed by atoms with Crippen molar-refractivity contribution >= 4 is 15.9 Å². The van der Waals surface area contributed by atoms with Crippen LogP contribution in [0.3, 0.4) is 0 Å². The number of rotatable bonds is 5. The summed E-state index contributed by atoms with van der Waals surface area (Å²) in [5.74, 6) is 0. The number of hydrogen-bond donors (Lipinski definition) is 1. The maximum absolute atomic E-state index is 5.06. The fraction of sp³-hybridized carbons (Fsp3) is 0.571. The Morgan fingerprint density at radius 1 is 1.41 bits per heavy atom. The number of halogens is 1. The highest BCUT2D eigenvalue weighted by Crippen LogP contribution is 2.24. The maximum atomic E-state index is 5.06. The van der Waals surface area contributed by atoms with Crippen molar-refractivity contribution in [1.82, 2.24) is 5.32 Å². The highest BCUT2D eigenvalue weighted by Gasteiger charge is 2.17. The van der Waals surface area contributed by atoms with E-state index in [1.807, 2.05) is 0 Å². The average Bonchev–Trinajstić information content (AvgIpc) is 2.35. The molecule has 0 aromatic heterocycles. The Hall–Kier alpha value is -0.380. The smallest absolute Gasteiger partial charge is 0.0474 e. The summed E-state index contributed by atoms with van der Waals surface area (Å²) in [5, 5.41) is 3.62. The van der Waals surface area contributed by atoms with E-state index in [1.54, 1.807) is 7.11 Å². The van der Waals surface area contributed by atoms with Crippen LogP contribution in [0, 0.1) is 0 Å². The van der Waals surface area contributed by atoms with Crippen LogP contribution in [0.5, 0.6) is 0 Å². The lowest BCUT2D eigenvalue weighted by Gasteiger charge is -2.25. The highest BCUT2D eigenvalue weighted by atomic mass is 79.9. The molecule has 1 aromatic rings. The average molecular weight is 298 g/mol. The predicted molar refractivity (Wildman–Crippen MR) is 74.5 cm³/mol. The molecule has 3 heteroatoms. The minimum absolute atomic E-state index is 0.639. The summed E-state index contributed by atoms with van der Waals surface area (Å²) in [7, 11) is 1.76. The van der Waals surface area contributed by atoms with E-state index in [9.17, 15) is 0 Å². The Bertz CT molecular complexity index is 367. The molecule has 1 aliphatic rings. The summed E-state index contributed by atoms with van der Waals surface area (Å²) in [6.45, 7) is 1.91. The molecular formula is C14H20BrNO. The molecule has 2 rings (SSSR count). The van der Waals surface area contributed by atoms with Crippen molar-refractivity contribution in [3.05, 3.63) is 33.8 Å². The maximum Gasteiger partial charge on any atom is 0.0474 e. The van der Waals surface area contributed by atoms with Crippen molar-refractivity contribution in [3.8, 4) is 0 Å². The van der Waals surface area contributed by atoms with Gasteiger partial charge in [-0.25, -0.2) is 0 Å². The fourth-order valence-electron chi connectivity index (χ4n) is 2.42. The van der Waals surface area contributed by atoms with Crippen molar-refractivity contribution in [3.63, 3.8) is 0 Å². The zero-order valence-corrected chi connectivity index (χ0v) is 11.9. The monoisotopic (exact) mass is 297 g/mol. The Morgan fingerprint density at radius 3 is 3.12 bits per heavy atom. The number of hydrogen-bond acceptors (Lipinski definition) is 2. The van der Waals surface area contributed by atoms with Gasteiger partial charge in [0.15, 0.2) is 0 Å². The molecule has 0 fully saturated rings. The van der Waals surface area contributed by atoms with Crippen LogP contribution in [-0.4, -0.2) is 26.3 Å². The molecule has 1 aromatic carbocycles. The van der Waals surface area contributed by atoms with Gasteiger partial charge in [0.2, 0.25) is 0 Å². The fourth-order valence-corrected chi connectivity index (χ4v) is 2.83. The number of nitrogens with one attached hydrogen (secondary N) is 1. The largest absolute Gasteiger partial charge is 0.385 e. The first-order valence-corrected chi connectivity index (χ1v) is 7.08. The number of fused-ring (bicyclic) bond motifs is 1. The van der Waals surface area contributed by atoms with Crippen LogP contribution >= 0.6 is 15.9 Å². The van der Waals surface area contributed by atoms with E-state index in [4.69, 9.17) is 4.74 Å². The van der Waals surface area contributed by atoms with Crippen LogP contribution in [0.2, 0.25) is 0 Å². The van der Waals surface area contributed by atoms with Crippen LogP contribution in [0.25, 0.3) is 0 Å². The predicted octanol–water partition coefficient (Wildman–Crippen LogP) is 2.93. The normalized spacial score (nSPS) is 19.1. The van der Waals surface area contributed by atoms with Crippen molar-refractivity contribution in [1.29, 1.82) is 0 Å². The lowest BCUT2D eigenvalue weighted by atomic mass is 9.88. The lowest BCUT2D eigenvalue weighted by Crippen LogP contribution is -2.35. The molecule has 2 nitrogen and oxygen atoms in total. The Kier molecular flexibility index (Phi) is 5.01. The summed E-state index contributed by atoms with van der Waals surface area (Å²) in [6.07, 6.45) is 4.70. The van der Waals surface area contributed by atoms with Gasteiger partial charge in [0.1, 0.15) is 0 Å². The van der Waals surface area contributed by atoms with Crippen LogP contribution in [0.1, 0.15) is 24.0 Å². The van der Waals surface area contributed by atoms with E-state index >= 15 is 0 Å². The molecule has 1 unspecified atom stereocenters. The minimum atomic E-state index is 0.639. The molecule has 0 amide bonds. The van der Waals surface area contributed by atoms with E-state index in [2.05, 4.69) is 39.4 Å². The summed E-state index contributed by atoms with van der Waals surface area (Å²) >= 11 is 3.54. The molecule has 0 saturated carbocycles. The minimum Gasteiger partial charge on any atom is -0.385 e. The summed E-state index contributed by atoms with van der Waals surface area (Å²) in [4.78, 5) is 0. The molecule has 0 spiro atoms. The number of aryl methyl sites for hydroxylation is 1. The number of ether oxygens (including phenoxy) is 1. The van der Waals surface area contributed by atoms with E-state index < -0.39 is 0 Å². The molecule has 0 saturated heterocycles.